The highest BCUT2D eigenvalue weighted by Crippen LogP contribution is 2.26. The molecule has 126 valence electrons. The maximum absolute atomic E-state index is 12.7. The second kappa shape index (κ2) is 6.80. The highest BCUT2D eigenvalue weighted by atomic mass is 16.1. The second-order valence-electron chi connectivity index (χ2n) is 7.05. The molecule has 1 saturated heterocycles. The third-order valence-corrected chi connectivity index (χ3v) is 5.04. The van der Waals surface area contributed by atoms with Crippen LogP contribution in [-0.4, -0.2) is 30.0 Å². The van der Waals surface area contributed by atoms with Crippen LogP contribution in [0.1, 0.15) is 55.3 Å². The van der Waals surface area contributed by atoms with E-state index >= 15 is 0 Å². The van der Waals surface area contributed by atoms with Crippen molar-refractivity contribution in [3.8, 4) is 0 Å². The molecule has 0 atom stereocenters. The molecule has 0 unspecified atom stereocenters. The van der Waals surface area contributed by atoms with Gasteiger partial charge in [0.1, 0.15) is 5.82 Å². The normalized spacial score (nSPS) is 18.9. The van der Waals surface area contributed by atoms with Crippen molar-refractivity contribution in [1.29, 1.82) is 0 Å². The number of hydrogen-bond acceptors (Lipinski definition) is 3. The Morgan fingerprint density at radius 3 is 2.50 bits per heavy atom. The van der Waals surface area contributed by atoms with Crippen molar-refractivity contribution in [2.75, 3.05) is 18.0 Å². The van der Waals surface area contributed by atoms with E-state index in [4.69, 9.17) is 4.98 Å². The highest BCUT2D eigenvalue weighted by Gasteiger charge is 2.25. The number of carbonyl (C=O) groups excluding carboxylic acids is 1. The molecule has 0 bridgehead atoms. The maximum atomic E-state index is 12.7. The zero-order valence-electron chi connectivity index (χ0n) is 14.1. The van der Waals surface area contributed by atoms with E-state index in [0.717, 1.165) is 48.2 Å². The van der Waals surface area contributed by atoms with Crippen molar-refractivity contribution in [3.05, 3.63) is 35.9 Å². The number of carbonyl (C=O) groups is 1. The zero-order chi connectivity index (χ0) is 16.4. The van der Waals surface area contributed by atoms with Gasteiger partial charge in [-0.2, -0.15) is 0 Å². The lowest BCUT2D eigenvalue weighted by Gasteiger charge is -2.26. The Hall–Kier alpha value is -2.10. The molecule has 0 spiro atoms. The van der Waals surface area contributed by atoms with Gasteiger partial charge in [0.05, 0.1) is 11.1 Å². The zero-order valence-corrected chi connectivity index (χ0v) is 14.1. The Morgan fingerprint density at radius 1 is 1.04 bits per heavy atom. The number of rotatable bonds is 3. The fourth-order valence-electron chi connectivity index (χ4n) is 3.48. The summed E-state index contributed by atoms with van der Waals surface area (Å²) in [6.45, 7) is 2.07. The van der Waals surface area contributed by atoms with Crippen LogP contribution in [0.2, 0.25) is 0 Å². The highest BCUT2D eigenvalue weighted by molar-refractivity contribution is 6.07. The van der Waals surface area contributed by atoms with Crippen molar-refractivity contribution in [2.24, 2.45) is 0 Å². The van der Waals surface area contributed by atoms with Crippen molar-refractivity contribution in [1.82, 2.24) is 10.3 Å². The fourth-order valence-corrected chi connectivity index (χ4v) is 3.48. The molecule has 0 radical (unpaired) electrons. The van der Waals surface area contributed by atoms with Crippen molar-refractivity contribution >= 4 is 22.6 Å². The third kappa shape index (κ3) is 3.37. The standard InChI is InChI=1S/C20H25N3O/c24-20(21-15-10-11-15)17-14-19(22-18-9-5-4-8-16(17)18)23-12-6-2-1-3-7-13-23/h4-5,8-9,14-15H,1-3,6-7,10-13H2,(H,21,24). The first kappa shape index (κ1) is 15.4. The summed E-state index contributed by atoms with van der Waals surface area (Å²) in [6.07, 6.45) is 8.55. The number of amides is 1. The van der Waals surface area contributed by atoms with E-state index in [1.165, 1.54) is 32.1 Å². The van der Waals surface area contributed by atoms with Crippen molar-refractivity contribution < 1.29 is 4.79 Å². The number of hydrogen-bond donors (Lipinski definition) is 1. The predicted molar refractivity (Wildman–Crippen MR) is 97.5 cm³/mol. The van der Waals surface area contributed by atoms with Crippen LogP contribution in [0.25, 0.3) is 10.9 Å². The first-order valence-corrected chi connectivity index (χ1v) is 9.27. The van der Waals surface area contributed by atoms with E-state index in [-0.39, 0.29) is 5.91 Å². The van der Waals surface area contributed by atoms with Crippen LogP contribution in [0.5, 0.6) is 0 Å². The van der Waals surface area contributed by atoms with E-state index in [9.17, 15) is 4.79 Å². The van der Waals surface area contributed by atoms with Crippen LogP contribution in [0.4, 0.5) is 5.82 Å². The molecule has 2 fully saturated rings. The van der Waals surface area contributed by atoms with Gasteiger partial charge in [-0.1, -0.05) is 37.5 Å². The summed E-state index contributed by atoms with van der Waals surface area (Å²) >= 11 is 0. The molecule has 1 amide bonds. The van der Waals surface area contributed by atoms with Crippen molar-refractivity contribution in [3.63, 3.8) is 0 Å². The van der Waals surface area contributed by atoms with Crippen LogP contribution < -0.4 is 10.2 Å². The maximum Gasteiger partial charge on any atom is 0.252 e. The molecule has 1 aliphatic heterocycles. The van der Waals surface area contributed by atoms with Gasteiger partial charge in [0, 0.05) is 24.5 Å². The Balaban J connectivity index is 1.70. The first-order chi connectivity index (χ1) is 11.8. The van der Waals surface area contributed by atoms with Gasteiger partial charge in [-0.25, -0.2) is 4.98 Å². The molecular formula is C20H25N3O. The summed E-state index contributed by atoms with van der Waals surface area (Å²) in [5.41, 5.74) is 1.68. The predicted octanol–water partition coefficient (Wildman–Crippen LogP) is 3.90. The summed E-state index contributed by atoms with van der Waals surface area (Å²) < 4.78 is 0. The lowest BCUT2D eigenvalue weighted by molar-refractivity contribution is 0.0952. The molecule has 2 heterocycles. The van der Waals surface area contributed by atoms with Gasteiger partial charge >= 0.3 is 0 Å². The van der Waals surface area contributed by atoms with Gasteiger partial charge in [-0.05, 0) is 37.8 Å². The number of aromatic nitrogens is 1. The minimum atomic E-state index is 0.0457. The van der Waals surface area contributed by atoms with Gasteiger partial charge < -0.3 is 10.2 Å². The number of nitrogens with one attached hydrogen (secondary N) is 1. The Morgan fingerprint density at radius 2 is 1.75 bits per heavy atom. The number of nitrogens with zero attached hydrogens (tertiary/aromatic N) is 2. The minimum Gasteiger partial charge on any atom is -0.357 e. The molecule has 1 saturated carbocycles. The van der Waals surface area contributed by atoms with E-state index < -0.39 is 0 Å². The van der Waals surface area contributed by atoms with Crippen LogP contribution in [-0.2, 0) is 0 Å². The largest absolute Gasteiger partial charge is 0.357 e. The average molecular weight is 323 g/mol. The van der Waals surface area contributed by atoms with Crippen molar-refractivity contribution in [2.45, 2.75) is 51.0 Å². The molecule has 24 heavy (non-hydrogen) atoms. The quantitative estimate of drug-likeness (QED) is 0.932. The van der Waals surface area contributed by atoms with Gasteiger partial charge in [-0.3, -0.25) is 4.79 Å². The smallest absolute Gasteiger partial charge is 0.252 e. The van der Waals surface area contributed by atoms with E-state index in [1.807, 2.05) is 30.3 Å². The molecule has 2 aliphatic rings. The summed E-state index contributed by atoms with van der Waals surface area (Å²) in [6, 6.07) is 10.4. The van der Waals surface area contributed by atoms with Gasteiger partial charge in [0.15, 0.2) is 0 Å². The summed E-state index contributed by atoms with van der Waals surface area (Å²) in [5.74, 6) is 1.00. The minimum absolute atomic E-state index is 0.0457. The average Bonchev–Trinajstić information content (AvgIpc) is 3.37. The molecular weight excluding hydrogens is 298 g/mol. The second-order valence-corrected chi connectivity index (χ2v) is 7.05. The molecule has 1 aliphatic carbocycles. The Labute approximate surface area is 143 Å². The summed E-state index contributed by atoms with van der Waals surface area (Å²) in [4.78, 5) is 19.9. The third-order valence-electron chi connectivity index (χ3n) is 5.04. The molecule has 4 heteroatoms. The van der Waals surface area contributed by atoms with Crippen LogP contribution >= 0.6 is 0 Å². The SMILES string of the molecule is O=C(NC1CC1)c1cc(N2CCCCCCC2)nc2ccccc12. The van der Waals surface area contributed by atoms with Crippen LogP contribution in [0.3, 0.4) is 0 Å². The fraction of sp³-hybridized carbons (Fsp3) is 0.500. The molecule has 2 aromatic rings. The van der Waals surface area contributed by atoms with Gasteiger partial charge in [0.2, 0.25) is 0 Å². The summed E-state index contributed by atoms with van der Waals surface area (Å²) in [7, 11) is 0. The van der Waals surface area contributed by atoms with Crippen LogP contribution in [0, 0.1) is 0 Å². The number of anilines is 1. The molecule has 1 aromatic carbocycles. The van der Waals surface area contributed by atoms with Crippen LogP contribution in [0.15, 0.2) is 30.3 Å². The number of pyridine rings is 1. The topological polar surface area (TPSA) is 45.2 Å². The monoisotopic (exact) mass is 323 g/mol. The first-order valence-electron chi connectivity index (χ1n) is 9.27. The Bertz CT molecular complexity index is 731. The summed E-state index contributed by atoms with van der Waals surface area (Å²) in [5, 5.41) is 4.08. The number of benzene rings is 1. The van der Waals surface area contributed by atoms with Gasteiger partial charge in [0.25, 0.3) is 5.91 Å². The molecule has 4 nitrogen and oxygen atoms in total. The molecule has 4 rings (SSSR count). The lowest BCUT2D eigenvalue weighted by atomic mass is 10.1. The number of fused-ring (bicyclic) bond motifs is 1. The van der Waals surface area contributed by atoms with E-state index in [0.29, 0.717) is 6.04 Å². The Kier molecular flexibility index (Phi) is 4.37. The van der Waals surface area contributed by atoms with Gasteiger partial charge in [-0.15, -0.1) is 0 Å². The van der Waals surface area contributed by atoms with E-state index in [2.05, 4.69) is 10.2 Å². The molecule has 1 N–H and O–H groups in total. The molecule has 1 aromatic heterocycles. The van der Waals surface area contributed by atoms with E-state index in [1.54, 1.807) is 0 Å². The lowest BCUT2D eigenvalue weighted by Crippen LogP contribution is -2.29. The number of para-hydroxylation sites is 1.